The van der Waals surface area contributed by atoms with Crippen molar-refractivity contribution in [1.29, 1.82) is 0 Å². The van der Waals surface area contributed by atoms with Crippen LogP contribution in [-0.4, -0.2) is 28.9 Å². The fourth-order valence-electron chi connectivity index (χ4n) is 2.09. The van der Waals surface area contributed by atoms with Gasteiger partial charge in [0, 0.05) is 13.1 Å². The zero-order valence-corrected chi connectivity index (χ0v) is 11.4. The van der Waals surface area contributed by atoms with Gasteiger partial charge in [0.25, 0.3) is 0 Å². The van der Waals surface area contributed by atoms with Crippen molar-refractivity contribution in [3.05, 3.63) is 17.3 Å². The lowest BCUT2D eigenvalue weighted by Gasteiger charge is -2.30. The Morgan fingerprint density at radius 1 is 1.44 bits per heavy atom. The molecule has 2 rings (SSSR count). The summed E-state index contributed by atoms with van der Waals surface area (Å²) in [7, 11) is 0. The van der Waals surface area contributed by atoms with Gasteiger partial charge in [0.15, 0.2) is 5.96 Å². The third-order valence-electron chi connectivity index (χ3n) is 3.56. The second-order valence-electron chi connectivity index (χ2n) is 5.09. The van der Waals surface area contributed by atoms with E-state index >= 15 is 0 Å². The van der Waals surface area contributed by atoms with Crippen LogP contribution in [0.5, 0.6) is 0 Å². The molecule has 0 bridgehead atoms. The molecule has 1 aliphatic heterocycles. The Kier molecular flexibility index (Phi) is 3.89. The minimum atomic E-state index is 0.423. The monoisotopic (exact) mass is 250 g/mol. The lowest BCUT2D eigenvalue weighted by atomic mass is 10.00. The molecule has 18 heavy (non-hydrogen) atoms. The minimum Gasteiger partial charge on any atom is -0.444 e. The summed E-state index contributed by atoms with van der Waals surface area (Å²) >= 11 is 0. The van der Waals surface area contributed by atoms with E-state index in [4.69, 9.17) is 10.2 Å². The van der Waals surface area contributed by atoms with Crippen molar-refractivity contribution in [3.63, 3.8) is 0 Å². The zero-order valence-electron chi connectivity index (χ0n) is 11.4. The fourth-order valence-corrected chi connectivity index (χ4v) is 2.09. The van der Waals surface area contributed by atoms with Gasteiger partial charge in [-0.3, -0.25) is 0 Å². The highest BCUT2D eigenvalue weighted by atomic mass is 16.4. The second kappa shape index (κ2) is 5.42. The van der Waals surface area contributed by atoms with E-state index in [1.165, 1.54) is 12.8 Å². The number of aryl methyl sites for hydroxylation is 2. The number of hydrogen-bond acceptors (Lipinski definition) is 3. The van der Waals surface area contributed by atoms with Crippen molar-refractivity contribution in [1.82, 2.24) is 9.88 Å². The molecule has 1 aliphatic rings. The van der Waals surface area contributed by atoms with Gasteiger partial charge < -0.3 is 15.1 Å². The first-order valence-electron chi connectivity index (χ1n) is 6.54. The summed E-state index contributed by atoms with van der Waals surface area (Å²) in [5, 5.41) is 0. The largest absolute Gasteiger partial charge is 0.444 e. The van der Waals surface area contributed by atoms with E-state index in [-0.39, 0.29) is 0 Å². The molecule has 1 aromatic heterocycles. The first kappa shape index (κ1) is 12.9. The molecule has 1 fully saturated rings. The van der Waals surface area contributed by atoms with Crippen molar-refractivity contribution >= 4 is 5.96 Å². The third-order valence-corrected chi connectivity index (χ3v) is 3.56. The maximum absolute atomic E-state index is 5.99. The van der Waals surface area contributed by atoms with Crippen LogP contribution in [0, 0.1) is 19.8 Å². The average molecular weight is 250 g/mol. The lowest BCUT2D eigenvalue weighted by molar-refractivity contribution is 0.277. The van der Waals surface area contributed by atoms with Gasteiger partial charge >= 0.3 is 0 Å². The molecule has 2 heterocycles. The molecular weight excluding hydrogens is 228 g/mol. The maximum Gasteiger partial charge on any atom is 0.216 e. The second-order valence-corrected chi connectivity index (χ2v) is 5.09. The average Bonchev–Trinajstić information content (AvgIpc) is 2.67. The van der Waals surface area contributed by atoms with Crippen LogP contribution in [0.1, 0.15) is 37.1 Å². The standard InChI is InChI=1S/C13H22N4O/c1-9-4-6-17(7-5-9)13(14)15-8-12-16-10(2)11(3)18-12/h9H,4-8H2,1-3H3,(H2,14,15). The zero-order chi connectivity index (χ0) is 13.1. The summed E-state index contributed by atoms with van der Waals surface area (Å²) in [5.41, 5.74) is 6.91. The molecule has 2 N–H and O–H groups in total. The number of aliphatic imine (C=N–C) groups is 1. The van der Waals surface area contributed by atoms with Crippen LogP contribution >= 0.6 is 0 Å². The van der Waals surface area contributed by atoms with Crippen LogP contribution in [0.2, 0.25) is 0 Å². The topological polar surface area (TPSA) is 67.7 Å². The Bertz CT molecular complexity index is 411. The highest BCUT2D eigenvalue weighted by Gasteiger charge is 2.17. The van der Waals surface area contributed by atoms with E-state index in [2.05, 4.69) is 21.8 Å². The number of rotatable bonds is 2. The van der Waals surface area contributed by atoms with Crippen molar-refractivity contribution < 1.29 is 4.42 Å². The minimum absolute atomic E-state index is 0.423. The molecule has 1 saturated heterocycles. The van der Waals surface area contributed by atoms with Gasteiger partial charge in [0.1, 0.15) is 12.3 Å². The molecule has 0 unspecified atom stereocenters. The van der Waals surface area contributed by atoms with Gasteiger partial charge in [-0.2, -0.15) is 0 Å². The Morgan fingerprint density at radius 2 is 2.11 bits per heavy atom. The summed E-state index contributed by atoms with van der Waals surface area (Å²) in [6.07, 6.45) is 2.38. The number of guanidine groups is 1. The molecule has 5 heteroatoms. The number of aromatic nitrogens is 1. The van der Waals surface area contributed by atoms with Gasteiger partial charge in [-0.25, -0.2) is 9.98 Å². The van der Waals surface area contributed by atoms with E-state index in [1.54, 1.807) is 0 Å². The summed E-state index contributed by atoms with van der Waals surface area (Å²) in [5.74, 6) is 2.89. The van der Waals surface area contributed by atoms with Crippen molar-refractivity contribution in [2.24, 2.45) is 16.6 Å². The van der Waals surface area contributed by atoms with Crippen LogP contribution in [0.4, 0.5) is 0 Å². The van der Waals surface area contributed by atoms with Gasteiger partial charge in [-0.05, 0) is 32.6 Å². The van der Waals surface area contributed by atoms with Crippen molar-refractivity contribution in [2.75, 3.05) is 13.1 Å². The number of hydrogen-bond donors (Lipinski definition) is 1. The molecular formula is C13H22N4O. The van der Waals surface area contributed by atoms with E-state index < -0.39 is 0 Å². The molecule has 5 nitrogen and oxygen atoms in total. The molecule has 0 aromatic carbocycles. The molecule has 100 valence electrons. The van der Waals surface area contributed by atoms with E-state index in [1.807, 2.05) is 13.8 Å². The highest BCUT2D eigenvalue weighted by Crippen LogP contribution is 2.15. The molecule has 0 atom stereocenters. The summed E-state index contributed by atoms with van der Waals surface area (Å²) in [4.78, 5) is 10.8. The van der Waals surface area contributed by atoms with Crippen LogP contribution in [0.3, 0.4) is 0 Å². The highest BCUT2D eigenvalue weighted by molar-refractivity contribution is 5.78. The van der Waals surface area contributed by atoms with Gasteiger partial charge in [-0.1, -0.05) is 6.92 Å². The number of nitrogens with zero attached hydrogens (tertiary/aromatic N) is 3. The summed E-state index contributed by atoms with van der Waals surface area (Å²) in [6, 6.07) is 0. The summed E-state index contributed by atoms with van der Waals surface area (Å²) in [6.45, 7) is 8.54. The fraction of sp³-hybridized carbons (Fsp3) is 0.692. The quantitative estimate of drug-likeness (QED) is 0.642. The molecule has 0 amide bonds. The predicted molar refractivity (Wildman–Crippen MR) is 71.3 cm³/mol. The van der Waals surface area contributed by atoms with Gasteiger partial charge in [0.05, 0.1) is 5.69 Å². The van der Waals surface area contributed by atoms with Crippen LogP contribution in [-0.2, 0) is 6.54 Å². The van der Waals surface area contributed by atoms with Crippen LogP contribution < -0.4 is 5.73 Å². The molecule has 0 saturated carbocycles. The van der Waals surface area contributed by atoms with Gasteiger partial charge in [0.2, 0.25) is 5.89 Å². The maximum atomic E-state index is 5.99. The summed E-state index contributed by atoms with van der Waals surface area (Å²) < 4.78 is 5.48. The molecule has 0 spiro atoms. The Morgan fingerprint density at radius 3 is 2.67 bits per heavy atom. The Labute approximate surface area is 108 Å². The van der Waals surface area contributed by atoms with Gasteiger partial charge in [-0.15, -0.1) is 0 Å². The normalized spacial score (nSPS) is 18.4. The predicted octanol–water partition coefficient (Wildman–Crippen LogP) is 1.84. The smallest absolute Gasteiger partial charge is 0.216 e. The molecule has 1 aromatic rings. The Hall–Kier alpha value is -1.52. The van der Waals surface area contributed by atoms with Crippen molar-refractivity contribution in [3.8, 4) is 0 Å². The number of oxazole rings is 1. The number of likely N-dealkylation sites (tertiary alicyclic amines) is 1. The van der Waals surface area contributed by atoms with E-state index in [9.17, 15) is 0 Å². The number of nitrogens with two attached hydrogens (primary N) is 1. The van der Waals surface area contributed by atoms with Crippen molar-refractivity contribution in [2.45, 2.75) is 40.2 Å². The van der Waals surface area contributed by atoms with Crippen LogP contribution in [0.25, 0.3) is 0 Å². The first-order valence-corrected chi connectivity index (χ1v) is 6.54. The third kappa shape index (κ3) is 3.03. The Balaban J connectivity index is 1.92. The SMILES string of the molecule is Cc1nc(CN=C(N)N2CCC(C)CC2)oc1C. The first-order chi connectivity index (χ1) is 8.56. The van der Waals surface area contributed by atoms with E-state index in [0.29, 0.717) is 18.4 Å². The lowest BCUT2D eigenvalue weighted by Crippen LogP contribution is -2.42. The van der Waals surface area contributed by atoms with E-state index in [0.717, 1.165) is 30.5 Å². The number of piperidine rings is 1. The molecule has 0 aliphatic carbocycles. The molecule has 0 radical (unpaired) electrons. The van der Waals surface area contributed by atoms with Crippen LogP contribution in [0.15, 0.2) is 9.41 Å².